The van der Waals surface area contributed by atoms with E-state index in [2.05, 4.69) is 26.6 Å². The summed E-state index contributed by atoms with van der Waals surface area (Å²) in [5, 5.41) is 5.75. The van der Waals surface area contributed by atoms with Crippen LogP contribution in [0.1, 0.15) is 31.2 Å². The molecular weight excluding hydrogens is 320 g/mol. The first kappa shape index (κ1) is 15.0. The Bertz CT molecular complexity index is 513. The number of benzene rings is 1. The van der Waals surface area contributed by atoms with E-state index in [1.165, 1.54) is 0 Å². The van der Waals surface area contributed by atoms with Gasteiger partial charge in [0.15, 0.2) is 0 Å². The fraction of sp³-hybridized carbons (Fsp3) is 0.467. The first-order chi connectivity index (χ1) is 9.56. The molecule has 0 aliphatic heterocycles. The van der Waals surface area contributed by atoms with Gasteiger partial charge in [0, 0.05) is 29.0 Å². The summed E-state index contributed by atoms with van der Waals surface area (Å²) in [4.78, 5) is 23.2. The maximum atomic E-state index is 11.8. The van der Waals surface area contributed by atoms with Gasteiger partial charge in [0.25, 0.3) is 0 Å². The van der Waals surface area contributed by atoms with Crippen LogP contribution in [0, 0.1) is 12.8 Å². The maximum absolute atomic E-state index is 11.8. The number of rotatable bonds is 6. The van der Waals surface area contributed by atoms with E-state index in [1.54, 1.807) is 0 Å². The number of hydrogen-bond acceptors (Lipinski definition) is 2. The molecule has 0 spiro atoms. The first-order valence-electron chi connectivity index (χ1n) is 6.90. The second-order valence-corrected chi connectivity index (χ2v) is 6.09. The molecule has 108 valence electrons. The van der Waals surface area contributed by atoms with E-state index in [1.807, 2.05) is 25.1 Å². The van der Waals surface area contributed by atoms with Gasteiger partial charge in [0.05, 0.1) is 0 Å². The van der Waals surface area contributed by atoms with Crippen LogP contribution in [-0.4, -0.2) is 18.4 Å². The Morgan fingerprint density at radius 2 is 2.10 bits per heavy atom. The van der Waals surface area contributed by atoms with Gasteiger partial charge in [0.1, 0.15) is 0 Å². The molecule has 1 fully saturated rings. The van der Waals surface area contributed by atoms with Crippen molar-refractivity contribution in [3.05, 3.63) is 28.2 Å². The van der Waals surface area contributed by atoms with Crippen LogP contribution in [0.4, 0.5) is 5.69 Å². The summed E-state index contributed by atoms with van der Waals surface area (Å²) < 4.78 is 0.996. The lowest BCUT2D eigenvalue weighted by atomic mass is 10.2. The first-order valence-corrected chi connectivity index (χ1v) is 7.69. The van der Waals surface area contributed by atoms with Gasteiger partial charge in [-0.2, -0.15) is 0 Å². The number of aryl methyl sites for hydroxylation is 1. The van der Waals surface area contributed by atoms with E-state index >= 15 is 0 Å². The number of carbonyl (C=O) groups excluding carboxylic acids is 2. The SMILES string of the molecule is Cc1cc(Br)ccc1NC(=O)CCCNC(=O)C1CC1. The van der Waals surface area contributed by atoms with Crippen LogP contribution in [0.2, 0.25) is 0 Å². The molecule has 1 aromatic carbocycles. The maximum Gasteiger partial charge on any atom is 0.224 e. The molecule has 1 aliphatic rings. The largest absolute Gasteiger partial charge is 0.356 e. The van der Waals surface area contributed by atoms with E-state index in [0.29, 0.717) is 19.4 Å². The van der Waals surface area contributed by atoms with Crippen LogP contribution in [0.15, 0.2) is 22.7 Å². The molecule has 0 heterocycles. The lowest BCUT2D eigenvalue weighted by molar-refractivity contribution is -0.122. The molecule has 1 saturated carbocycles. The normalized spacial score (nSPS) is 13.9. The van der Waals surface area contributed by atoms with Crippen molar-refractivity contribution in [1.82, 2.24) is 5.32 Å². The molecular formula is C15H19BrN2O2. The topological polar surface area (TPSA) is 58.2 Å². The standard InChI is InChI=1S/C15H19BrN2O2/c1-10-9-12(16)6-7-13(10)18-14(19)3-2-8-17-15(20)11-4-5-11/h6-7,9,11H,2-5,8H2,1H3,(H,17,20)(H,18,19). The third-order valence-corrected chi connectivity index (χ3v) is 3.78. The molecule has 4 nitrogen and oxygen atoms in total. The zero-order valence-electron chi connectivity index (χ0n) is 11.5. The van der Waals surface area contributed by atoms with E-state index in [4.69, 9.17) is 0 Å². The van der Waals surface area contributed by atoms with Crippen molar-refractivity contribution in [2.45, 2.75) is 32.6 Å². The molecule has 5 heteroatoms. The zero-order chi connectivity index (χ0) is 14.5. The fourth-order valence-electron chi connectivity index (χ4n) is 1.93. The second-order valence-electron chi connectivity index (χ2n) is 5.18. The summed E-state index contributed by atoms with van der Waals surface area (Å²) in [6.07, 6.45) is 3.10. The highest BCUT2D eigenvalue weighted by Crippen LogP contribution is 2.28. The Kier molecular flexibility index (Phi) is 5.17. The molecule has 0 saturated heterocycles. The van der Waals surface area contributed by atoms with E-state index in [-0.39, 0.29) is 17.7 Å². The lowest BCUT2D eigenvalue weighted by Crippen LogP contribution is -2.26. The average Bonchev–Trinajstić information content (AvgIpc) is 3.22. The van der Waals surface area contributed by atoms with E-state index < -0.39 is 0 Å². The van der Waals surface area contributed by atoms with Crippen molar-refractivity contribution >= 4 is 33.4 Å². The molecule has 0 bridgehead atoms. The van der Waals surface area contributed by atoms with Crippen LogP contribution in [0.5, 0.6) is 0 Å². The molecule has 1 aliphatic carbocycles. The summed E-state index contributed by atoms with van der Waals surface area (Å²) in [6.45, 7) is 2.53. The lowest BCUT2D eigenvalue weighted by Gasteiger charge is -2.09. The van der Waals surface area contributed by atoms with Crippen LogP contribution < -0.4 is 10.6 Å². The van der Waals surface area contributed by atoms with Gasteiger partial charge in [-0.15, -0.1) is 0 Å². The van der Waals surface area contributed by atoms with Gasteiger partial charge >= 0.3 is 0 Å². The minimum absolute atomic E-state index is 0.0175. The van der Waals surface area contributed by atoms with E-state index in [0.717, 1.165) is 28.6 Å². The minimum atomic E-state index is -0.0175. The third kappa shape index (κ3) is 4.63. The Labute approximate surface area is 127 Å². The number of halogens is 1. The van der Waals surface area contributed by atoms with Gasteiger partial charge in [0.2, 0.25) is 11.8 Å². The van der Waals surface area contributed by atoms with Gasteiger partial charge in [-0.25, -0.2) is 0 Å². The number of carbonyl (C=O) groups is 2. The van der Waals surface area contributed by atoms with Crippen molar-refractivity contribution in [3.63, 3.8) is 0 Å². The number of hydrogen-bond donors (Lipinski definition) is 2. The highest BCUT2D eigenvalue weighted by Gasteiger charge is 2.28. The number of anilines is 1. The van der Waals surface area contributed by atoms with E-state index in [9.17, 15) is 9.59 Å². The summed E-state index contributed by atoms with van der Waals surface area (Å²) in [6, 6.07) is 5.75. The molecule has 0 radical (unpaired) electrons. The van der Waals surface area contributed by atoms with Crippen molar-refractivity contribution in [1.29, 1.82) is 0 Å². The molecule has 20 heavy (non-hydrogen) atoms. The highest BCUT2D eigenvalue weighted by molar-refractivity contribution is 9.10. The quantitative estimate of drug-likeness (QED) is 0.783. The highest BCUT2D eigenvalue weighted by atomic mass is 79.9. The average molecular weight is 339 g/mol. The summed E-state index contributed by atoms with van der Waals surface area (Å²) in [5.41, 5.74) is 1.86. The van der Waals surface area contributed by atoms with Gasteiger partial charge in [-0.3, -0.25) is 9.59 Å². The zero-order valence-corrected chi connectivity index (χ0v) is 13.1. The summed E-state index contributed by atoms with van der Waals surface area (Å²) in [5.74, 6) is 0.347. The predicted octanol–water partition coefficient (Wildman–Crippen LogP) is 3.00. The Morgan fingerprint density at radius 3 is 2.75 bits per heavy atom. The van der Waals surface area contributed by atoms with Gasteiger partial charge in [-0.05, 0) is 49.9 Å². The number of amides is 2. The van der Waals surface area contributed by atoms with Crippen molar-refractivity contribution < 1.29 is 9.59 Å². The summed E-state index contributed by atoms with van der Waals surface area (Å²) in [7, 11) is 0. The number of nitrogens with one attached hydrogen (secondary N) is 2. The van der Waals surface area contributed by atoms with Crippen LogP contribution in [0.3, 0.4) is 0 Å². The Morgan fingerprint density at radius 1 is 1.35 bits per heavy atom. The Balaban J connectivity index is 1.68. The predicted molar refractivity (Wildman–Crippen MR) is 82.5 cm³/mol. The molecule has 2 N–H and O–H groups in total. The molecule has 2 amide bonds. The second kappa shape index (κ2) is 6.88. The van der Waals surface area contributed by atoms with Gasteiger partial charge < -0.3 is 10.6 Å². The molecule has 2 rings (SSSR count). The van der Waals surface area contributed by atoms with Crippen LogP contribution in [-0.2, 0) is 9.59 Å². The van der Waals surface area contributed by atoms with Crippen molar-refractivity contribution in [3.8, 4) is 0 Å². The Hall–Kier alpha value is -1.36. The van der Waals surface area contributed by atoms with Crippen LogP contribution in [0.25, 0.3) is 0 Å². The third-order valence-electron chi connectivity index (χ3n) is 3.29. The molecule has 0 unspecified atom stereocenters. The fourth-order valence-corrected chi connectivity index (χ4v) is 2.41. The minimum Gasteiger partial charge on any atom is -0.356 e. The molecule has 1 aromatic rings. The molecule has 0 atom stereocenters. The van der Waals surface area contributed by atoms with Crippen LogP contribution >= 0.6 is 15.9 Å². The van der Waals surface area contributed by atoms with Gasteiger partial charge in [-0.1, -0.05) is 15.9 Å². The van der Waals surface area contributed by atoms with Crippen molar-refractivity contribution in [2.24, 2.45) is 5.92 Å². The monoisotopic (exact) mass is 338 g/mol. The smallest absolute Gasteiger partial charge is 0.224 e. The summed E-state index contributed by atoms with van der Waals surface area (Å²) >= 11 is 3.39. The van der Waals surface area contributed by atoms with Crippen molar-refractivity contribution in [2.75, 3.05) is 11.9 Å². The molecule has 0 aromatic heterocycles.